The van der Waals surface area contributed by atoms with Crippen molar-refractivity contribution >= 4 is 11.7 Å². The number of hydrogen-bond donors (Lipinski definition) is 2. The van der Waals surface area contributed by atoms with E-state index >= 15 is 0 Å². The lowest BCUT2D eigenvalue weighted by Crippen LogP contribution is -2.46. The maximum Gasteiger partial charge on any atom is 0.223 e. The normalized spacial score (nSPS) is 15.6. The first kappa shape index (κ1) is 13.8. The van der Waals surface area contributed by atoms with Gasteiger partial charge in [0.1, 0.15) is 0 Å². The van der Waals surface area contributed by atoms with Gasteiger partial charge in [0.15, 0.2) is 5.78 Å². The van der Waals surface area contributed by atoms with E-state index in [4.69, 9.17) is 0 Å². The highest BCUT2D eigenvalue weighted by Gasteiger charge is 2.18. The Kier molecular flexibility index (Phi) is 4.37. The van der Waals surface area contributed by atoms with Gasteiger partial charge in [-0.3, -0.25) is 9.59 Å². The predicted molar refractivity (Wildman–Crippen MR) is 73.3 cm³/mol. The topological polar surface area (TPSA) is 65.2 Å². The van der Waals surface area contributed by atoms with Crippen LogP contribution in [-0.4, -0.2) is 47.8 Å². The van der Waals surface area contributed by atoms with Crippen LogP contribution in [-0.2, 0) is 4.79 Å². The third kappa shape index (κ3) is 3.44. The van der Waals surface area contributed by atoms with Gasteiger partial charge >= 0.3 is 0 Å². The zero-order chi connectivity index (χ0) is 13.8. The van der Waals surface area contributed by atoms with E-state index in [9.17, 15) is 9.59 Å². The Morgan fingerprint density at radius 1 is 1.21 bits per heavy atom. The number of nitrogens with zero attached hydrogens (tertiary/aromatic N) is 1. The quantitative estimate of drug-likeness (QED) is 0.797. The monoisotopic (exact) mass is 263 g/mol. The molecule has 0 atom stereocenters. The molecule has 0 radical (unpaired) electrons. The lowest BCUT2D eigenvalue weighted by Gasteiger charge is -2.27. The maximum atomic E-state index is 12.1. The molecule has 1 aliphatic heterocycles. The molecule has 1 saturated heterocycles. The van der Waals surface area contributed by atoms with Crippen LogP contribution in [0.1, 0.15) is 34.6 Å². The van der Waals surface area contributed by atoms with Crippen LogP contribution < -0.4 is 5.32 Å². The van der Waals surface area contributed by atoms with Crippen LogP contribution in [0.15, 0.2) is 6.07 Å². The third-order valence-corrected chi connectivity index (χ3v) is 3.49. The number of carbonyl (C=O) groups excluding carboxylic acids is 2. The molecule has 2 heterocycles. The molecule has 1 aliphatic rings. The average molecular weight is 263 g/mol. The van der Waals surface area contributed by atoms with Gasteiger partial charge in [0.2, 0.25) is 5.91 Å². The Morgan fingerprint density at radius 2 is 1.89 bits per heavy atom. The number of nitrogens with one attached hydrogen (secondary N) is 2. The van der Waals surface area contributed by atoms with E-state index in [1.54, 1.807) is 0 Å². The summed E-state index contributed by atoms with van der Waals surface area (Å²) in [4.78, 5) is 29.0. The summed E-state index contributed by atoms with van der Waals surface area (Å²) in [7, 11) is 0. The SMILES string of the molecule is Cc1cc(C(=O)CCC(=O)N2CCNCC2)c(C)[nH]1. The highest BCUT2D eigenvalue weighted by molar-refractivity contribution is 5.99. The molecule has 0 aromatic carbocycles. The first-order valence-corrected chi connectivity index (χ1v) is 6.76. The van der Waals surface area contributed by atoms with Gasteiger partial charge in [-0.05, 0) is 19.9 Å². The summed E-state index contributed by atoms with van der Waals surface area (Å²) in [6.45, 7) is 6.99. The van der Waals surface area contributed by atoms with E-state index in [2.05, 4.69) is 10.3 Å². The molecule has 1 aromatic rings. The number of aryl methyl sites for hydroxylation is 2. The summed E-state index contributed by atoms with van der Waals surface area (Å²) in [5.41, 5.74) is 2.58. The molecule has 0 aliphatic carbocycles. The van der Waals surface area contributed by atoms with Crippen molar-refractivity contribution in [3.8, 4) is 0 Å². The summed E-state index contributed by atoms with van der Waals surface area (Å²) >= 11 is 0. The van der Waals surface area contributed by atoms with Crippen LogP contribution >= 0.6 is 0 Å². The minimum absolute atomic E-state index is 0.0466. The smallest absolute Gasteiger partial charge is 0.223 e. The zero-order valence-electron chi connectivity index (χ0n) is 11.6. The summed E-state index contributed by atoms with van der Waals surface area (Å²) in [5, 5.41) is 3.21. The van der Waals surface area contributed by atoms with Crippen molar-refractivity contribution in [1.82, 2.24) is 15.2 Å². The number of H-pyrrole nitrogens is 1. The summed E-state index contributed by atoms with van der Waals surface area (Å²) in [5.74, 6) is 0.130. The van der Waals surface area contributed by atoms with Gasteiger partial charge in [-0.15, -0.1) is 0 Å². The first-order chi connectivity index (χ1) is 9.08. The summed E-state index contributed by atoms with van der Waals surface area (Å²) in [6.07, 6.45) is 0.601. The highest BCUT2D eigenvalue weighted by atomic mass is 16.2. The Morgan fingerprint density at radius 3 is 2.47 bits per heavy atom. The van der Waals surface area contributed by atoms with Gasteiger partial charge in [-0.2, -0.15) is 0 Å². The molecular formula is C14H21N3O2. The second kappa shape index (κ2) is 6.02. The molecule has 5 nitrogen and oxygen atoms in total. The minimum Gasteiger partial charge on any atom is -0.362 e. The van der Waals surface area contributed by atoms with Crippen LogP contribution in [0, 0.1) is 13.8 Å². The lowest BCUT2D eigenvalue weighted by molar-refractivity contribution is -0.131. The van der Waals surface area contributed by atoms with E-state index in [0.717, 1.165) is 37.6 Å². The van der Waals surface area contributed by atoms with Crippen LogP contribution in [0.25, 0.3) is 0 Å². The Bertz CT molecular complexity index is 473. The molecule has 1 fully saturated rings. The number of aromatic amines is 1. The van der Waals surface area contributed by atoms with E-state index < -0.39 is 0 Å². The van der Waals surface area contributed by atoms with Gasteiger partial charge < -0.3 is 15.2 Å². The molecule has 1 aromatic heterocycles. The van der Waals surface area contributed by atoms with E-state index in [-0.39, 0.29) is 11.7 Å². The second-order valence-corrected chi connectivity index (χ2v) is 5.04. The number of ketones is 1. The van der Waals surface area contributed by atoms with Crippen LogP contribution in [0.5, 0.6) is 0 Å². The lowest BCUT2D eigenvalue weighted by atomic mass is 10.1. The molecular weight excluding hydrogens is 242 g/mol. The number of Topliss-reactive ketones (excluding diaryl/α,β-unsaturated/α-hetero) is 1. The van der Waals surface area contributed by atoms with Crippen molar-refractivity contribution in [2.75, 3.05) is 26.2 Å². The van der Waals surface area contributed by atoms with Gasteiger partial charge in [-0.1, -0.05) is 0 Å². The maximum absolute atomic E-state index is 12.1. The largest absolute Gasteiger partial charge is 0.362 e. The number of amides is 1. The van der Waals surface area contributed by atoms with Crippen molar-refractivity contribution in [2.45, 2.75) is 26.7 Å². The summed E-state index contributed by atoms with van der Waals surface area (Å²) in [6, 6.07) is 1.85. The molecule has 2 rings (SSSR count). The van der Waals surface area contributed by atoms with Crippen molar-refractivity contribution in [2.24, 2.45) is 0 Å². The zero-order valence-corrected chi connectivity index (χ0v) is 11.6. The molecule has 0 saturated carbocycles. The Balaban J connectivity index is 1.86. The van der Waals surface area contributed by atoms with E-state index in [1.165, 1.54) is 0 Å². The fourth-order valence-corrected chi connectivity index (χ4v) is 2.44. The molecule has 19 heavy (non-hydrogen) atoms. The molecule has 0 spiro atoms. The number of rotatable bonds is 4. The fourth-order valence-electron chi connectivity index (χ4n) is 2.44. The standard InChI is InChI=1S/C14H21N3O2/c1-10-9-12(11(2)16-10)13(18)3-4-14(19)17-7-5-15-6-8-17/h9,15-16H,3-8H2,1-2H3. The number of piperazine rings is 1. The molecule has 0 bridgehead atoms. The number of carbonyl (C=O) groups is 2. The number of hydrogen-bond acceptors (Lipinski definition) is 3. The molecule has 0 unspecified atom stereocenters. The van der Waals surface area contributed by atoms with Gasteiger partial charge in [0, 0.05) is 56.0 Å². The van der Waals surface area contributed by atoms with Gasteiger partial charge in [-0.25, -0.2) is 0 Å². The molecule has 2 N–H and O–H groups in total. The fraction of sp³-hybridized carbons (Fsp3) is 0.571. The van der Waals surface area contributed by atoms with Crippen LogP contribution in [0.4, 0.5) is 0 Å². The molecule has 104 valence electrons. The predicted octanol–water partition coefficient (Wildman–Crippen LogP) is 1.03. The summed E-state index contributed by atoms with van der Waals surface area (Å²) < 4.78 is 0. The Labute approximate surface area is 113 Å². The van der Waals surface area contributed by atoms with Crippen molar-refractivity contribution < 1.29 is 9.59 Å². The van der Waals surface area contributed by atoms with Crippen molar-refractivity contribution in [3.05, 3.63) is 23.0 Å². The van der Waals surface area contributed by atoms with Crippen molar-refractivity contribution in [3.63, 3.8) is 0 Å². The minimum atomic E-state index is 0.0466. The molecule has 5 heteroatoms. The third-order valence-electron chi connectivity index (χ3n) is 3.49. The molecule has 1 amide bonds. The van der Waals surface area contributed by atoms with Crippen LogP contribution in [0.2, 0.25) is 0 Å². The van der Waals surface area contributed by atoms with E-state index in [0.29, 0.717) is 18.4 Å². The highest BCUT2D eigenvalue weighted by Crippen LogP contribution is 2.13. The van der Waals surface area contributed by atoms with Gasteiger partial charge in [0.25, 0.3) is 0 Å². The average Bonchev–Trinajstić information content (AvgIpc) is 2.75. The van der Waals surface area contributed by atoms with Crippen molar-refractivity contribution in [1.29, 1.82) is 0 Å². The first-order valence-electron chi connectivity index (χ1n) is 6.76. The van der Waals surface area contributed by atoms with Crippen LogP contribution in [0.3, 0.4) is 0 Å². The second-order valence-electron chi connectivity index (χ2n) is 5.04. The number of aromatic nitrogens is 1. The van der Waals surface area contributed by atoms with Gasteiger partial charge in [0.05, 0.1) is 0 Å². The Hall–Kier alpha value is -1.62. The van der Waals surface area contributed by atoms with E-state index in [1.807, 2.05) is 24.8 Å².